The summed E-state index contributed by atoms with van der Waals surface area (Å²) in [5.41, 5.74) is 1.15. The molecule has 0 radical (unpaired) electrons. The van der Waals surface area contributed by atoms with Gasteiger partial charge in [0.15, 0.2) is 0 Å². The lowest BCUT2D eigenvalue weighted by molar-refractivity contribution is -0.384. The maximum Gasteiger partial charge on any atom is 0.269 e. The van der Waals surface area contributed by atoms with Crippen molar-refractivity contribution in [3.63, 3.8) is 0 Å². The molecule has 6 heteroatoms. The van der Waals surface area contributed by atoms with Crippen LogP contribution in [-0.2, 0) is 11.3 Å². The number of benzene rings is 1. The average Bonchev–Trinajstić information content (AvgIpc) is 2.46. The summed E-state index contributed by atoms with van der Waals surface area (Å²) in [5.74, 6) is 0.138. The molecule has 0 spiro atoms. The maximum atomic E-state index is 11.2. The standard InChI is InChI=1S/C14H19N3O3/c1-11(18)16-8-6-13(7-9-16)15-10-12-2-4-14(5-3-12)17(19)20/h2-5,13,15H,6-10H2,1H3. The van der Waals surface area contributed by atoms with Gasteiger partial charge in [-0.15, -0.1) is 0 Å². The first-order valence-electron chi connectivity index (χ1n) is 6.78. The van der Waals surface area contributed by atoms with E-state index in [2.05, 4.69) is 5.32 Å². The molecule has 2 rings (SSSR count). The van der Waals surface area contributed by atoms with Gasteiger partial charge in [0, 0.05) is 44.7 Å². The van der Waals surface area contributed by atoms with E-state index in [1.807, 2.05) is 4.90 Å². The Morgan fingerprint density at radius 1 is 1.35 bits per heavy atom. The fourth-order valence-corrected chi connectivity index (χ4v) is 2.40. The van der Waals surface area contributed by atoms with Crippen LogP contribution in [0.2, 0.25) is 0 Å². The fraction of sp³-hybridized carbons (Fsp3) is 0.500. The smallest absolute Gasteiger partial charge is 0.269 e. The lowest BCUT2D eigenvalue weighted by Gasteiger charge is -2.31. The van der Waals surface area contributed by atoms with Crippen LogP contribution in [0.4, 0.5) is 5.69 Å². The van der Waals surface area contributed by atoms with E-state index < -0.39 is 4.92 Å². The van der Waals surface area contributed by atoms with Gasteiger partial charge in [-0.2, -0.15) is 0 Å². The molecule has 108 valence electrons. The monoisotopic (exact) mass is 277 g/mol. The largest absolute Gasteiger partial charge is 0.343 e. The molecule has 6 nitrogen and oxygen atoms in total. The number of non-ortho nitro benzene ring substituents is 1. The van der Waals surface area contributed by atoms with Crippen molar-refractivity contribution in [1.82, 2.24) is 10.2 Å². The average molecular weight is 277 g/mol. The molecule has 0 bridgehead atoms. The van der Waals surface area contributed by atoms with E-state index in [4.69, 9.17) is 0 Å². The number of amides is 1. The molecule has 1 aliphatic heterocycles. The van der Waals surface area contributed by atoms with E-state index in [0.29, 0.717) is 12.6 Å². The van der Waals surface area contributed by atoms with Crippen molar-refractivity contribution in [1.29, 1.82) is 0 Å². The molecule has 1 heterocycles. The van der Waals surface area contributed by atoms with Crippen molar-refractivity contribution in [2.45, 2.75) is 32.4 Å². The first-order valence-corrected chi connectivity index (χ1v) is 6.78. The number of nitro groups is 1. The number of hydrogen-bond acceptors (Lipinski definition) is 4. The van der Waals surface area contributed by atoms with Crippen molar-refractivity contribution in [3.8, 4) is 0 Å². The quantitative estimate of drug-likeness (QED) is 0.671. The molecule has 1 aliphatic rings. The molecule has 1 fully saturated rings. The van der Waals surface area contributed by atoms with E-state index in [-0.39, 0.29) is 11.6 Å². The number of likely N-dealkylation sites (tertiary alicyclic amines) is 1. The molecule has 0 unspecified atom stereocenters. The molecular formula is C14H19N3O3. The van der Waals surface area contributed by atoms with Gasteiger partial charge < -0.3 is 10.2 Å². The molecule has 1 aromatic rings. The zero-order valence-corrected chi connectivity index (χ0v) is 11.5. The van der Waals surface area contributed by atoms with Crippen molar-refractivity contribution in [2.24, 2.45) is 0 Å². The highest BCUT2D eigenvalue weighted by Crippen LogP contribution is 2.14. The van der Waals surface area contributed by atoms with Gasteiger partial charge in [0.2, 0.25) is 5.91 Å². The third-order valence-corrected chi connectivity index (χ3v) is 3.68. The number of nitrogens with zero attached hydrogens (tertiary/aromatic N) is 2. The SMILES string of the molecule is CC(=O)N1CCC(NCc2ccc([N+](=O)[O-])cc2)CC1. The Hall–Kier alpha value is -1.95. The number of piperidine rings is 1. The van der Waals surface area contributed by atoms with Gasteiger partial charge in [0.1, 0.15) is 0 Å². The highest BCUT2D eigenvalue weighted by Gasteiger charge is 2.20. The molecular weight excluding hydrogens is 258 g/mol. The fourth-order valence-electron chi connectivity index (χ4n) is 2.40. The summed E-state index contributed by atoms with van der Waals surface area (Å²) in [6.45, 7) is 3.90. The van der Waals surface area contributed by atoms with Gasteiger partial charge in [0.05, 0.1) is 4.92 Å². The van der Waals surface area contributed by atoms with Crippen LogP contribution in [-0.4, -0.2) is 34.9 Å². The Morgan fingerprint density at radius 2 is 1.95 bits per heavy atom. The van der Waals surface area contributed by atoms with Gasteiger partial charge in [-0.1, -0.05) is 12.1 Å². The summed E-state index contributed by atoms with van der Waals surface area (Å²) < 4.78 is 0. The minimum atomic E-state index is -0.394. The minimum absolute atomic E-state index is 0.114. The molecule has 1 N–H and O–H groups in total. The summed E-state index contributed by atoms with van der Waals surface area (Å²) in [7, 11) is 0. The first-order chi connectivity index (χ1) is 9.56. The molecule has 1 amide bonds. The number of hydrogen-bond donors (Lipinski definition) is 1. The van der Waals surface area contributed by atoms with Crippen LogP contribution in [0.15, 0.2) is 24.3 Å². The number of rotatable bonds is 4. The Kier molecular flexibility index (Phi) is 4.68. The Labute approximate surface area is 117 Å². The van der Waals surface area contributed by atoms with Crippen molar-refractivity contribution < 1.29 is 9.72 Å². The van der Waals surface area contributed by atoms with Gasteiger partial charge in [-0.25, -0.2) is 0 Å². The van der Waals surface area contributed by atoms with Crippen molar-refractivity contribution >= 4 is 11.6 Å². The second-order valence-corrected chi connectivity index (χ2v) is 5.08. The number of carbonyl (C=O) groups excluding carboxylic acids is 1. The lowest BCUT2D eigenvalue weighted by Crippen LogP contribution is -2.43. The lowest BCUT2D eigenvalue weighted by atomic mass is 10.0. The van der Waals surface area contributed by atoms with Crippen LogP contribution < -0.4 is 5.32 Å². The highest BCUT2D eigenvalue weighted by atomic mass is 16.6. The second-order valence-electron chi connectivity index (χ2n) is 5.08. The van der Waals surface area contributed by atoms with Crippen LogP contribution >= 0.6 is 0 Å². The zero-order chi connectivity index (χ0) is 14.5. The summed E-state index contributed by atoms with van der Waals surface area (Å²) in [6.07, 6.45) is 1.90. The van der Waals surface area contributed by atoms with Gasteiger partial charge in [-0.3, -0.25) is 14.9 Å². The molecule has 1 aromatic carbocycles. The molecule has 1 saturated heterocycles. The summed E-state index contributed by atoms with van der Waals surface area (Å²) in [4.78, 5) is 23.3. The molecule has 20 heavy (non-hydrogen) atoms. The minimum Gasteiger partial charge on any atom is -0.343 e. The van der Waals surface area contributed by atoms with Crippen molar-refractivity contribution in [2.75, 3.05) is 13.1 Å². The Morgan fingerprint density at radius 3 is 2.45 bits per heavy atom. The van der Waals surface area contributed by atoms with E-state index >= 15 is 0 Å². The van der Waals surface area contributed by atoms with E-state index in [1.165, 1.54) is 12.1 Å². The van der Waals surface area contributed by atoms with Gasteiger partial charge in [0.25, 0.3) is 5.69 Å². The third kappa shape index (κ3) is 3.77. The predicted molar refractivity (Wildman–Crippen MR) is 75.2 cm³/mol. The zero-order valence-electron chi connectivity index (χ0n) is 11.5. The van der Waals surface area contributed by atoms with E-state index in [1.54, 1.807) is 19.1 Å². The summed E-state index contributed by atoms with van der Waals surface area (Å²) in [5, 5.41) is 14.0. The molecule has 0 saturated carbocycles. The van der Waals surface area contributed by atoms with Crippen LogP contribution in [0.3, 0.4) is 0 Å². The van der Waals surface area contributed by atoms with E-state index in [0.717, 1.165) is 31.5 Å². The topological polar surface area (TPSA) is 75.5 Å². The Balaban J connectivity index is 1.78. The number of nitrogens with one attached hydrogen (secondary N) is 1. The van der Waals surface area contributed by atoms with Crippen LogP contribution in [0, 0.1) is 10.1 Å². The van der Waals surface area contributed by atoms with Crippen LogP contribution in [0.5, 0.6) is 0 Å². The van der Waals surface area contributed by atoms with Gasteiger partial charge in [-0.05, 0) is 18.4 Å². The summed E-state index contributed by atoms with van der Waals surface area (Å²) in [6, 6.07) is 7.00. The molecule has 0 aromatic heterocycles. The second kappa shape index (κ2) is 6.47. The van der Waals surface area contributed by atoms with Crippen LogP contribution in [0.25, 0.3) is 0 Å². The molecule has 0 aliphatic carbocycles. The first kappa shape index (κ1) is 14.5. The third-order valence-electron chi connectivity index (χ3n) is 3.68. The summed E-state index contributed by atoms with van der Waals surface area (Å²) >= 11 is 0. The Bertz CT molecular complexity index is 479. The number of nitro benzene ring substituents is 1. The molecule has 0 atom stereocenters. The van der Waals surface area contributed by atoms with Crippen LogP contribution in [0.1, 0.15) is 25.3 Å². The normalized spacial score (nSPS) is 16.1. The van der Waals surface area contributed by atoms with Crippen molar-refractivity contribution in [3.05, 3.63) is 39.9 Å². The number of carbonyl (C=O) groups is 1. The van der Waals surface area contributed by atoms with E-state index in [9.17, 15) is 14.9 Å². The highest BCUT2D eigenvalue weighted by molar-refractivity contribution is 5.73. The predicted octanol–water partition coefficient (Wildman–Crippen LogP) is 1.70. The maximum absolute atomic E-state index is 11.2. The van der Waals surface area contributed by atoms with Gasteiger partial charge >= 0.3 is 0 Å².